The predicted molar refractivity (Wildman–Crippen MR) is 81.2 cm³/mol. The van der Waals surface area contributed by atoms with Gasteiger partial charge in [-0.3, -0.25) is 4.79 Å². The maximum Gasteiger partial charge on any atom is 0.424 e. The lowest BCUT2D eigenvalue weighted by Gasteiger charge is -2.22. The maximum atomic E-state index is 12.8. The summed E-state index contributed by atoms with van der Waals surface area (Å²) in [6.45, 7) is 3.58. The van der Waals surface area contributed by atoms with E-state index in [0.29, 0.717) is 10.7 Å². The van der Waals surface area contributed by atoms with Gasteiger partial charge in [0, 0.05) is 0 Å². The SMILES string of the molecule is CC[C@@H]1OC(=O)N(S(=O)(=O)c2ccc(C)cc2)[C@H]1CC(=O)OC. The van der Waals surface area contributed by atoms with Gasteiger partial charge in [-0.1, -0.05) is 24.6 Å². The van der Waals surface area contributed by atoms with Crippen molar-refractivity contribution in [2.75, 3.05) is 7.11 Å². The Morgan fingerprint density at radius 2 is 1.91 bits per heavy atom. The van der Waals surface area contributed by atoms with Gasteiger partial charge < -0.3 is 9.47 Å². The van der Waals surface area contributed by atoms with Crippen molar-refractivity contribution >= 4 is 22.1 Å². The van der Waals surface area contributed by atoms with Crippen LogP contribution in [-0.2, 0) is 24.3 Å². The molecule has 0 saturated carbocycles. The maximum absolute atomic E-state index is 12.8. The summed E-state index contributed by atoms with van der Waals surface area (Å²) in [6, 6.07) is 5.21. The van der Waals surface area contributed by atoms with Gasteiger partial charge in [-0.2, -0.15) is 4.31 Å². The highest BCUT2D eigenvalue weighted by Crippen LogP contribution is 2.31. The third-order valence-electron chi connectivity index (χ3n) is 3.75. The molecule has 7 nitrogen and oxygen atoms in total. The van der Waals surface area contributed by atoms with Crippen molar-refractivity contribution in [2.24, 2.45) is 0 Å². The molecule has 1 saturated heterocycles. The van der Waals surface area contributed by atoms with E-state index < -0.39 is 34.2 Å². The molecule has 0 aromatic heterocycles. The number of ether oxygens (including phenoxy) is 2. The van der Waals surface area contributed by atoms with E-state index >= 15 is 0 Å². The van der Waals surface area contributed by atoms with Crippen LogP contribution in [0.15, 0.2) is 29.2 Å². The number of rotatable bonds is 5. The Bertz CT molecular complexity index is 697. The minimum Gasteiger partial charge on any atom is -0.469 e. The molecule has 0 unspecified atom stereocenters. The largest absolute Gasteiger partial charge is 0.469 e. The van der Waals surface area contributed by atoms with Gasteiger partial charge in [-0.05, 0) is 25.5 Å². The second-order valence-electron chi connectivity index (χ2n) is 5.29. The lowest BCUT2D eigenvalue weighted by atomic mass is 10.1. The lowest BCUT2D eigenvalue weighted by molar-refractivity contribution is -0.141. The topological polar surface area (TPSA) is 90.0 Å². The van der Waals surface area contributed by atoms with Gasteiger partial charge in [0.1, 0.15) is 6.10 Å². The normalized spacial score (nSPS) is 21.2. The zero-order valence-corrected chi connectivity index (χ0v) is 14.0. The molecule has 1 aliphatic heterocycles. The van der Waals surface area contributed by atoms with Crippen molar-refractivity contribution < 1.29 is 27.5 Å². The summed E-state index contributed by atoms with van der Waals surface area (Å²) >= 11 is 0. The molecule has 8 heteroatoms. The van der Waals surface area contributed by atoms with Crippen LogP contribution in [0.1, 0.15) is 25.3 Å². The van der Waals surface area contributed by atoms with Crippen LogP contribution < -0.4 is 0 Å². The number of methoxy groups -OCH3 is 1. The van der Waals surface area contributed by atoms with Crippen molar-refractivity contribution in [1.29, 1.82) is 0 Å². The summed E-state index contributed by atoms with van der Waals surface area (Å²) in [5, 5.41) is 0. The third kappa shape index (κ3) is 3.31. The van der Waals surface area contributed by atoms with Gasteiger partial charge in [-0.25, -0.2) is 13.2 Å². The number of benzene rings is 1. The molecule has 1 heterocycles. The summed E-state index contributed by atoms with van der Waals surface area (Å²) < 4.78 is 35.9. The fraction of sp³-hybridized carbons (Fsp3) is 0.467. The first-order chi connectivity index (χ1) is 10.8. The molecule has 1 fully saturated rings. The van der Waals surface area contributed by atoms with Crippen molar-refractivity contribution in [3.8, 4) is 0 Å². The van der Waals surface area contributed by atoms with E-state index in [9.17, 15) is 18.0 Å². The first-order valence-corrected chi connectivity index (χ1v) is 8.63. The van der Waals surface area contributed by atoms with Crippen molar-refractivity contribution in [3.63, 3.8) is 0 Å². The van der Waals surface area contributed by atoms with E-state index in [4.69, 9.17) is 4.74 Å². The monoisotopic (exact) mass is 341 g/mol. The number of sulfonamides is 1. The Morgan fingerprint density at radius 1 is 1.30 bits per heavy atom. The number of amides is 1. The Labute approximate surface area is 135 Å². The number of hydrogen-bond acceptors (Lipinski definition) is 6. The minimum atomic E-state index is -4.10. The molecule has 2 rings (SSSR count). The van der Waals surface area contributed by atoms with E-state index in [1.807, 2.05) is 6.92 Å². The van der Waals surface area contributed by atoms with Crippen LogP contribution in [0.25, 0.3) is 0 Å². The molecule has 2 atom stereocenters. The van der Waals surface area contributed by atoms with Gasteiger partial charge >= 0.3 is 12.1 Å². The highest BCUT2D eigenvalue weighted by molar-refractivity contribution is 7.89. The quantitative estimate of drug-likeness (QED) is 0.759. The Hall–Kier alpha value is -2.09. The van der Waals surface area contributed by atoms with Crippen LogP contribution in [0.5, 0.6) is 0 Å². The number of cyclic esters (lactones) is 1. The van der Waals surface area contributed by atoms with E-state index in [2.05, 4.69) is 4.74 Å². The number of hydrogen-bond donors (Lipinski definition) is 0. The molecule has 0 N–H and O–H groups in total. The first-order valence-electron chi connectivity index (χ1n) is 7.19. The number of carbonyl (C=O) groups is 2. The number of esters is 1. The van der Waals surface area contributed by atoms with Crippen LogP contribution >= 0.6 is 0 Å². The van der Waals surface area contributed by atoms with Gasteiger partial charge in [0.2, 0.25) is 0 Å². The fourth-order valence-electron chi connectivity index (χ4n) is 2.47. The molecule has 1 aromatic rings. The van der Waals surface area contributed by atoms with E-state index in [1.165, 1.54) is 19.2 Å². The number of carbonyl (C=O) groups excluding carboxylic acids is 2. The molecule has 23 heavy (non-hydrogen) atoms. The average molecular weight is 341 g/mol. The van der Waals surface area contributed by atoms with Crippen molar-refractivity contribution in [1.82, 2.24) is 4.31 Å². The van der Waals surface area contributed by atoms with E-state index in [1.54, 1.807) is 19.1 Å². The number of aryl methyl sites for hydroxylation is 1. The Balaban J connectivity index is 2.42. The summed E-state index contributed by atoms with van der Waals surface area (Å²) in [6.07, 6.45) is -1.49. The molecular formula is C15H19NO6S. The van der Waals surface area contributed by atoms with Gasteiger partial charge in [0.15, 0.2) is 0 Å². The smallest absolute Gasteiger partial charge is 0.424 e. The highest BCUT2D eigenvalue weighted by atomic mass is 32.2. The first kappa shape index (κ1) is 17.3. The lowest BCUT2D eigenvalue weighted by Crippen LogP contribution is -2.42. The second-order valence-corrected chi connectivity index (χ2v) is 7.11. The minimum absolute atomic E-state index is 0.0216. The Morgan fingerprint density at radius 3 is 2.43 bits per heavy atom. The molecular weight excluding hydrogens is 322 g/mol. The van der Waals surface area contributed by atoms with Crippen LogP contribution in [-0.4, -0.2) is 44.0 Å². The zero-order valence-electron chi connectivity index (χ0n) is 13.2. The molecule has 1 aromatic carbocycles. The molecule has 0 aliphatic carbocycles. The Kier molecular flexibility index (Phi) is 4.93. The fourth-order valence-corrected chi connectivity index (χ4v) is 3.98. The zero-order chi connectivity index (χ0) is 17.2. The average Bonchev–Trinajstić information content (AvgIpc) is 2.83. The number of nitrogens with zero attached hydrogens (tertiary/aromatic N) is 1. The molecule has 1 aliphatic rings. The summed E-state index contributed by atoms with van der Waals surface area (Å²) in [7, 11) is -2.89. The van der Waals surface area contributed by atoms with Crippen molar-refractivity contribution in [3.05, 3.63) is 29.8 Å². The van der Waals surface area contributed by atoms with E-state index in [-0.39, 0.29) is 11.3 Å². The van der Waals surface area contributed by atoms with Gasteiger partial charge in [0.25, 0.3) is 10.0 Å². The van der Waals surface area contributed by atoms with Crippen LogP contribution in [0.3, 0.4) is 0 Å². The summed E-state index contributed by atoms with van der Waals surface area (Å²) in [4.78, 5) is 23.6. The summed E-state index contributed by atoms with van der Waals surface area (Å²) in [5.74, 6) is -0.601. The molecule has 126 valence electrons. The van der Waals surface area contributed by atoms with Crippen molar-refractivity contribution in [2.45, 2.75) is 43.7 Å². The van der Waals surface area contributed by atoms with Gasteiger partial charge in [0.05, 0.1) is 24.5 Å². The van der Waals surface area contributed by atoms with E-state index in [0.717, 1.165) is 5.56 Å². The third-order valence-corrected chi connectivity index (χ3v) is 5.55. The van der Waals surface area contributed by atoms with Gasteiger partial charge in [-0.15, -0.1) is 0 Å². The van der Waals surface area contributed by atoms with Crippen LogP contribution in [0.4, 0.5) is 4.79 Å². The summed E-state index contributed by atoms with van der Waals surface area (Å²) in [5.41, 5.74) is 0.894. The predicted octanol–water partition coefficient (Wildman–Crippen LogP) is 1.85. The molecule has 0 radical (unpaired) electrons. The second kappa shape index (κ2) is 6.57. The highest BCUT2D eigenvalue weighted by Gasteiger charge is 2.48. The van der Waals surface area contributed by atoms with Crippen LogP contribution in [0.2, 0.25) is 0 Å². The molecule has 0 spiro atoms. The molecule has 0 bridgehead atoms. The van der Waals surface area contributed by atoms with Crippen LogP contribution in [0, 0.1) is 6.92 Å². The standard InChI is InChI=1S/C15H19NO6S/c1-4-13-12(9-14(17)21-3)16(15(18)22-13)23(19,20)11-7-5-10(2)6-8-11/h5-8,12-13H,4,9H2,1-3H3/t12-,13-/m0/s1. The molecule has 1 amide bonds.